The van der Waals surface area contributed by atoms with Crippen LogP contribution in [0.3, 0.4) is 0 Å². The number of aryl methyl sites for hydroxylation is 1. The van der Waals surface area contributed by atoms with Gasteiger partial charge in [-0.1, -0.05) is 39.8 Å². The Morgan fingerprint density at radius 1 is 1.16 bits per heavy atom. The molecular weight excluding hydrogens is 238 g/mol. The third-order valence-electron chi connectivity index (χ3n) is 3.79. The third kappa shape index (κ3) is 2.55. The summed E-state index contributed by atoms with van der Waals surface area (Å²) in [5.41, 5.74) is 1.72. The van der Waals surface area contributed by atoms with Gasteiger partial charge in [0.05, 0.1) is 11.6 Å². The quantitative estimate of drug-likeness (QED) is 0.765. The highest BCUT2D eigenvalue weighted by Crippen LogP contribution is 2.37. The molecule has 1 fully saturated rings. The molecule has 1 heterocycles. The van der Waals surface area contributed by atoms with E-state index in [1.165, 1.54) is 10.5 Å². The van der Waals surface area contributed by atoms with E-state index in [0.29, 0.717) is 12.1 Å². The van der Waals surface area contributed by atoms with Crippen LogP contribution < -0.4 is 4.90 Å². The molecule has 0 bridgehead atoms. The van der Waals surface area contributed by atoms with Crippen LogP contribution in [0.15, 0.2) is 24.3 Å². The first kappa shape index (κ1) is 13.8. The summed E-state index contributed by atoms with van der Waals surface area (Å²) < 4.78 is 0. The summed E-state index contributed by atoms with van der Waals surface area (Å²) in [7, 11) is 0. The summed E-state index contributed by atoms with van der Waals surface area (Å²) in [6.45, 7) is 8.10. The van der Waals surface area contributed by atoms with E-state index in [2.05, 4.69) is 6.92 Å². The molecule has 1 aromatic rings. The molecule has 0 spiro atoms. The van der Waals surface area contributed by atoms with Gasteiger partial charge in [0, 0.05) is 6.42 Å². The number of carbonyl (C=O) groups excluding carboxylic acids is 2. The van der Waals surface area contributed by atoms with E-state index >= 15 is 0 Å². The third-order valence-corrected chi connectivity index (χ3v) is 3.79. The van der Waals surface area contributed by atoms with Crippen molar-refractivity contribution in [2.75, 3.05) is 4.90 Å². The molecule has 3 nitrogen and oxygen atoms in total. The molecule has 1 aliphatic heterocycles. The first-order valence-corrected chi connectivity index (χ1v) is 6.80. The Morgan fingerprint density at radius 2 is 1.74 bits per heavy atom. The van der Waals surface area contributed by atoms with Crippen molar-refractivity contribution in [3.05, 3.63) is 29.8 Å². The molecule has 2 amide bonds. The summed E-state index contributed by atoms with van der Waals surface area (Å²) in [4.78, 5) is 25.9. The van der Waals surface area contributed by atoms with Crippen LogP contribution in [0.25, 0.3) is 0 Å². The lowest BCUT2D eigenvalue weighted by atomic mass is 9.80. The van der Waals surface area contributed by atoms with Gasteiger partial charge in [0.2, 0.25) is 11.8 Å². The van der Waals surface area contributed by atoms with Crippen LogP contribution in [-0.2, 0) is 16.0 Å². The largest absolute Gasteiger partial charge is 0.274 e. The van der Waals surface area contributed by atoms with E-state index < -0.39 is 0 Å². The lowest BCUT2D eigenvalue weighted by molar-refractivity contribution is -0.123. The van der Waals surface area contributed by atoms with Gasteiger partial charge in [0.1, 0.15) is 0 Å². The smallest absolute Gasteiger partial charge is 0.237 e. The van der Waals surface area contributed by atoms with Gasteiger partial charge in [-0.3, -0.25) is 14.5 Å². The van der Waals surface area contributed by atoms with Crippen molar-refractivity contribution in [1.29, 1.82) is 0 Å². The highest BCUT2D eigenvalue weighted by atomic mass is 16.2. The zero-order chi connectivity index (χ0) is 14.2. The molecule has 1 atom stereocenters. The van der Waals surface area contributed by atoms with E-state index in [1.807, 2.05) is 45.0 Å². The Kier molecular flexibility index (Phi) is 3.48. The predicted molar refractivity (Wildman–Crippen MR) is 75.9 cm³/mol. The molecule has 19 heavy (non-hydrogen) atoms. The average molecular weight is 259 g/mol. The SMILES string of the molecule is CCc1ccc(N2C(=O)CC(C(C)(C)C)C2=O)cc1. The normalized spacial score (nSPS) is 20.2. The fraction of sp³-hybridized carbons (Fsp3) is 0.500. The number of hydrogen-bond acceptors (Lipinski definition) is 2. The molecule has 0 aliphatic carbocycles. The van der Waals surface area contributed by atoms with Crippen molar-refractivity contribution in [3.63, 3.8) is 0 Å². The minimum absolute atomic E-state index is 0.0678. The Bertz CT molecular complexity index is 496. The van der Waals surface area contributed by atoms with Crippen LogP contribution in [0.5, 0.6) is 0 Å². The van der Waals surface area contributed by atoms with Gasteiger partial charge in [-0.2, -0.15) is 0 Å². The van der Waals surface area contributed by atoms with E-state index in [9.17, 15) is 9.59 Å². The van der Waals surface area contributed by atoms with Crippen molar-refractivity contribution in [2.24, 2.45) is 11.3 Å². The molecule has 1 aliphatic rings. The van der Waals surface area contributed by atoms with Crippen LogP contribution in [0.2, 0.25) is 0 Å². The maximum atomic E-state index is 12.4. The Labute approximate surface area is 114 Å². The molecular formula is C16H21NO2. The second kappa shape index (κ2) is 4.80. The van der Waals surface area contributed by atoms with Crippen LogP contribution in [0.1, 0.15) is 39.7 Å². The Morgan fingerprint density at radius 3 is 2.16 bits per heavy atom. The molecule has 1 aromatic carbocycles. The fourth-order valence-electron chi connectivity index (χ4n) is 2.46. The molecule has 102 valence electrons. The topological polar surface area (TPSA) is 37.4 Å². The van der Waals surface area contributed by atoms with Crippen molar-refractivity contribution < 1.29 is 9.59 Å². The van der Waals surface area contributed by atoms with Crippen molar-refractivity contribution >= 4 is 17.5 Å². The summed E-state index contributed by atoms with van der Waals surface area (Å²) in [6, 6.07) is 7.67. The molecule has 1 unspecified atom stereocenters. The zero-order valence-electron chi connectivity index (χ0n) is 12.1. The number of nitrogens with zero attached hydrogens (tertiary/aromatic N) is 1. The monoisotopic (exact) mass is 259 g/mol. The number of carbonyl (C=O) groups is 2. The van der Waals surface area contributed by atoms with Crippen molar-refractivity contribution in [1.82, 2.24) is 0 Å². The Hall–Kier alpha value is -1.64. The van der Waals surface area contributed by atoms with Crippen LogP contribution >= 0.6 is 0 Å². The zero-order valence-corrected chi connectivity index (χ0v) is 12.1. The highest BCUT2D eigenvalue weighted by molar-refractivity contribution is 6.21. The first-order chi connectivity index (χ1) is 8.84. The molecule has 0 radical (unpaired) electrons. The van der Waals surface area contributed by atoms with E-state index in [0.717, 1.165) is 6.42 Å². The van der Waals surface area contributed by atoms with Crippen molar-refractivity contribution in [3.8, 4) is 0 Å². The van der Waals surface area contributed by atoms with Crippen molar-refractivity contribution in [2.45, 2.75) is 40.5 Å². The minimum Gasteiger partial charge on any atom is -0.274 e. The summed E-state index contributed by atoms with van der Waals surface area (Å²) >= 11 is 0. The summed E-state index contributed by atoms with van der Waals surface area (Å²) in [5, 5.41) is 0. The second-order valence-electron chi connectivity index (χ2n) is 6.21. The number of anilines is 1. The molecule has 2 rings (SSSR count). The van der Waals surface area contributed by atoms with Gasteiger partial charge in [0.15, 0.2) is 0 Å². The molecule has 0 aromatic heterocycles. The number of hydrogen-bond donors (Lipinski definition) is 0. The van der Waals surface area contributed by atoms with E-state index in [4.69, 9.17) is 0 Å². The average Bonchev–Trinajstić information content (AvgIpc) is 2.65. The van der Waals surface area contributed by atoms with E-state index in [1.54, 1.807) is 0 Å². The second-order valence-corrected chi connectivity index (χ2v) is 6.21. The summed E-state index contributed by atoms with van der Waals surface area (Å²) in [5.74, 6) is -0.373. The first-order valence-electron chi connectivity index (χ1n) is 6.80. The van der Waals surface area contributed by atoms with Gasteiger partial charge in [-0.25, -0.2) is 0 Å². The van der Waals surface area contributed by atoms with Gasteiger partial charge < -0.3 is 0 Å². The highest BCUT2D eigenvalue weighted by Gasteiger charge is 2.45. The van der Waals surface area contributed by atoms with Gasteiger partial charge >= 0.3 is 0 Å². The van der Waals surface area contributed by atoms with Gasteiger partial charge in [-0.05, 0) is 29.5 Å². The molecule has 3 heteroatoms. The van der Waals surface area contributed by atoms with Gasteiger partial charge in [0.25, 0.3) is 0 Å². The standard InChI is InChI=1S/C16H21NO2/c1-5-11-6-8-12(9-7-11)17-14(18)10-13(15(17)19)16(2,3)4/h6-9,13H,5,10H2,1-4H3. The molecule has 1 saturated heterocycles. The number of benzene rings is 1. The molecule has 0 saturated carbocycles. The fourth-order valence-corrected chi connectivity index (χ4v) is 2.46. The maximum absolute atomic E-state index is 12.4. The predicted octanol–water partition coefficient (Wildman–Crippen LogP) is 3.17. The number of amides is 2. The number of rotatable bonds is 2. The van der Waals surface area contributed by atoms with Crippen LogP contribution in [0, 0.1) is 11.3 Å². The van der Waals surface area contributed by atoms with Crippen LogP contribution in [-0.4, -0.2) is 11.8 Å². The lowest BCUT2D eigenvalue weighted by Crippen LogP contribution is -2.33. The van der Waals surface area contributed by atoms with Crippen LogP contribution in [0.4, 0.5) is 5.69 Å². The molecule has 0 N–H and O–H groups in total. The lowest BCUT2D eigenvalue weighted by Gasteiger charge is -2.24. The minimum atomic E-state index is -0.217. The summed E-state index contributed by atoms with van der Waals surface area (Å²) in [6.07, 6.45) is 1.27. The van der Waals surface area contributed by atoms with Gasteiger partial charge in [-0.15, -0.1) is 0 Å². The number of imide groups is 1. The van der Waals surface area contributed by atoms with E-state index in [-0.39, 0.29) is 23.1 Å². The maximum Gasteiger partial charge on any atom is 0.237 e. The Balaban J connectivity index is 2.29.